The van der Waals surface area contributed by atoms with Gasteiger partial charge in [0.25, 0.3) is 0 Å². The number of aryl methyl sites for hydroxylation is 2. The number of rotatable bonds is 3. The molecule has 0 saturated carbocycles. The van der Waals surface area contributed by atoms with Gasteiger partial charge in [-0.15, -0.1) is 0 Å². The second kappa shape index (κ2) is 7.18. The van der Waals surface area contributed by atoms with E-state index in [1.807, 2.05) is 62.4 Å². The maximum absolute atomic E-state index is 12.5. The Morgan fingerprint density at radius 3 is 2.04 bits per heavy atom. The Morgan fingerprint density at radius 1 is 0.917 bits per heavy atom. The lowest BCUT2D eigenvalue weighted by atomic mass is 10.0. The van der Waals surface area contributed by atoms with Crippen molar-refractivity contribution in [2.75, 3.05) is 0 Å². The zero-order valence-electron chi connectivity index (χ0n) is 13.2. The summed E-state index contributed by atoms with van der Waals surface area (Å²) in [6.45, 7) is 3.81. The standard InChI is InChI=1S/C19H15BrClNOS/c1-11-17(19(23)18(20)12(2)22-11)13-3-7-15(8-4-13)24-16-9-5-14(21)6-10-16/h3-10H,1-2H3,(H,22,23). The molecule has 2 aromatic carbocycles. The lowest BCUT2D eigenvalue weighted by molar-refractivity contribution is 1.09. The molecule has 1 heterocycles. The van der Waals surface area contributed by atoms with E-state index >= 15 is 0 Å². The summed E-state index contributed by atoms with van der Waals surface area (Å²) >= 11 is 10.9. The molecule has 0 aliphatic rings. The van der Waals surface area contributed by atoms with Crippen LogP contribution < -0.4 is 5.43 Å². The Hall–Kier alpha value is -1.49. The highest BCUT2D eigenvalue weighted by Gasteiger charge is 2.12. The number of benzene rings is 2. The molecule has 24 heavy (non-hydrogen) atoms. The fourth-order valence-electron chi connectivity index (χ4n) is 2.52. The van der Waals surface area contributed by atoms with Crippen molar-refractivity contribution in [1.82, 2.24) is 4.98 Å². The number of H-pyrrole nitrogens is 1. The first kappa shape index (κ1) is 17.3. The quantitative estimate of drug-likeness (QED) is 0.545. The van der Waals surface area contributed by atoms with Crippen molar-refractivity contribution in [2.45, 2.75) is 23.6 Å². The molecule has 3 rings (SSSR count). The summed E-state index contributed by atoms with van der Waals surface area (Å²) in [7, 11) is 0. The molecule has 0 amide bonds. The van der Waals surface area contributed by atoms with Gasteiger partial charge in [-0.05, 0) is 71.7 Å². The summed E-state index contributed by atoms with van der Waals surface area (Å²) in [6.07, 6.45) is 0. The van der Waals surface area contributed by atoms with Gasteiger partial charge in [-0.25, -0.2) is 0 Å². The van der Waals surface area contributed by atoms with Crippen LogP contribution in [0.25, 0.3) is 11.1 Å². The maximum Gasteiger partial charge on any atom is 0.204 e. The molecule has 0 saturated heterocycles. The van der Waals surface area contributed by atoms with E-state index in [0.717, 1.165) is 31.8 Å². The molecule has 1 aromatic heterocycles. The first-order valence-electron chi connectivity index (χ1n) is 7.38. The fraction of sp³-hybridized carbons (Fsp3) is 0.105. The SMILES string of the molecule is Cc1[nH]c(C)c(-c2ccc(Sc3ccc(Cl)cc3)cc2)c(=O)c1Br. The Labute approximate surface area is 158 Å². The first-order valence-corrected chi connectivity index (χ1v) is 9.37. The van der Waals surface area contributed by atoms with Gasteiger partial charge in [0.05, 0.1) is 4.47 Å². The minimum Gasteiger partial charge on any atom is -0.361 e. The predicted molar refractivity (Wildman–Crippen MR) is 105 cm³/mol. The topological polar surface area (TPSA) is 32.9 Å². The first-order chi connectivity index (χ1) is 11.5. The van der Waals surface area contributed by atoms with Crippen LogP contribution in [0.2, 0.25) is 5.02 Å². The van der Waals surface area contributed by atoms with E-state index < -0.39 is 0 Å². The number of halogens is 2. The lowest BCUT2D eigenvalue weighted by Crippen LogP contribution is -2.11. The van der Waals surface area contributed by atoms with Crippen molar-refractivity contribution >= 4 is 39.3 Å². The van der Waals surface area contributed by atoms with Crippen molar-refractivity contribution in [3.05, 3.63) is 79.6 Å². The van der Waals surface area contributed by atoms with Crippen LogP contribution in [0.3, 0.4) is 0 Å². The van der Waals surface area contributed by atoms with Crippen LogP contribution in [0.1, 0.15) is 11.4 Å². The molecule has 5 heteroatoms. The van der Waals surface area contributed by atoms with E-state index in [9.17, 15) is 4.79 Å². The van der Waals surface area contributed by atoms with Gasteiger partial charge < -0.3 is 4.98 Å². The highest BCUT2D eigenvalue weighted by atomic mass is 79.9. The molecule has 0 atom stereocenters. The van der Waals surface area contributed by atoms with Crippen LogP contribution in [0.5, 0.6) is 0 Å². The minimum atomic E-state index is 0.0156. The summed E-state index contributed by atoms with van der Waals surface area (Å²) in [6, 6.07) is 15.8. The zero-order valence-corrected chi connectivity index (χ0v) is 16.3. The van der Waals surface area contributed by atoms with Gasteiger partial charge in [0.15, 0.2) is 0 Å². The average molecular weight is 421 g/mol. The largest absolute Gasteiger partial charge is 0.361 e. The molecule has 0 radical (unpaired) electrons. The van der Waals surface area contributed by atoms with Gasteiger partial charge in [0, 0.05) is 31.8 Å². The van der Waals surface area contributed by atoms with E-state index in [4.69, 9.17) is 11.6 Å². The maximum atomic E-state index is 12.5. The van der Waals surface area contributed by atoms with Gasteiger partial charge in [0.1, 0.15) is 0 Å². The summed E-state index contributed by atoms with van der Waals surface area (Å²) in [5.74, 6) is 0. The zero-order chi connectivity index (χ0) is 17.3. The normalized spacial score (nSPS) is 10.8. The Balaban J connectivity index is 1.92. The molecule has 122 valence electrons. The molecule has 0 spiro atoms. The molecular weight excluding hydrogens is 406 g/mol. The molecule has 2 nitrogen and oxygen atoms in total. The number of aromatic nitrogens is 1. The smallest absolute Gasteiger partial charge is 0.204 e. The lowest BCUT2D eigenvalue weighted by Gasteiger charge is -2.09. The van der Waals surface area contributed by atoms with Crippen molar-refractivity contribution in [3.63, 3.8) is 0 Å². The number of aromatic amines is 1. The van der Waals surface area contributed by atoms with Crippen molar-refractivity contribution in [2.24, 2.45) is 0 Å². The van der Waals surface area contributed by atoms with E-state index in [-0.39, 0.29) is 5.43 Å². The third-order valence-electron chi connectivity index (χ3n) is 3.70. The monoisotopic (exact) mass is 419 g/mol. The Bertz CT molecular complexity index is 933. The number of hydrogen-bond donors (Lipinski definition) is 1. The molecule has 0 bridgehead atoms. The fourth-order valence-corrected chi connectivity index (χ4v) is 3.76. The number of nitrogens with one attached hydrogen (secondary N) is 1. The van der Waals surface area contributed by atoms with Crippen molar-refractivity contribution < 1.29 is 0 Å². The van der Waals surface area contributed by atoms with Crippen LogP contribution in [0.15, 0.2) is 67.6 Å². The number of pyridine rings is 1. The van der Waals surface area contributed by atoms with Gasteiger partial charge in [-0.1, -0.05) is 35.5 Å². The van der Waals surface area contributed by atoms with Crippen molar-refractivity contribution in [3.8, 4) is 11.1 Å². The van der Waals surface area contributed by atoms with Gasteiger partial charge in [-0.2, -0.15) is 0 Å². The molecule has 0 unspecified atom stereocenters. The van der Waals surface area contributed by atoms with E-state index in [2.05, 4.69) is 20.9 Å². The second-order valence-electron chi connectivity index (χ2n) is 5.47. The average Bonchev–Trinajstić information content (AvgIpc) is 2.56. The second-order valence-corrected chi connectivity index (χ2v) is 7.85. The third kappa shape index (κ3) is 3.61. The molecule has 0 fully saturated rings. The van der Waals surface area contributed by atoms with Crippen LogP contribution in [0, 0.1) is 13.8 Å². The molecule has 1 N–H and O–H groups in total. The highest BCUT2D eigenvalue weighted by Crippen LogP contribution is 2.30. The van der Waals surface area contributed by atoms with Crippen LogP contribution in [-0.2, 0) is 0 Å². The van der Waals surface area contributed by atoms with E-state index in [1.54, 1.807) is 11.8 Å². The minimum absolute atomic E-state index is 0.0156. The summed E-state index contributed by atoms with van der Waals surface area (Å²) < 4.78 is 0.586. The predicted octanol–water partition coefficient (Wildman–Crippen LogP) is 6.23. The van der Waals surface area contributed by atoms with E-state index in [1.165, 1.54) is 0 Å². The van der Waals surface area contributed by atoms with Gasteiger partial charge in [0.2, 0.25) is 5.43 Å². The number of hydrogen-bond acceptors (Lipinski definition) is 2. The summed E-state index contributed by atoms with van der Waals surface area (Å²) in [4.78, 5) is 18.0. The molecule has 3 aromatic rings. The van der Waals surface area contributed by atoms with Crippen LogP contribution in [-0.4, -0.2) is 4.98 Å². The van der Waals surface area contributed by atoms with Gasteiger partial charge in [-0.3, -0.25) is 4.79 Å². The molecule has 0 aliphatic heterocycles. The third-order valence-corrected chi connectivity index (χ3v) is 5.92. The summed E-state index contributed by atoms with van der Waals surface area (Å²) in [5, 5.41) is 0.731. The van der Waals surface area contributed by atoms with Gasteiger partial charge >= 0.3 is 0 Å². The molecular formula is C19H15BrClNOS. The highest BCUT2D eigenvalue weighted by molar-refractivity contribution is 9.10. The van der Waals surface area contributed by atoms with Crippen LogP contribution in [0.4, 0.5) is 0 Å². The van der Waals surface area contributed by atoms with Crippen LogP contribution >= 0.6 is 39.3 Å². The van der Waals surface area contributed by atoms with Crippen molar-refractivity contribution in [1.29, 1.82) is 0 Å². The molecule has 0 aliphatic carbocycles. The summed E-state index contributed by atoms with van der Waals surface area (Å²) in [5.41, 5.74) is 3.35. The van der Waals surface area contributed by atoms with E-state index in [0.29, 0.717) is 10.0 Å². The Morgan fingerprint density at radius 2 is 1.46 bits per heavy atom. The Kier molecular flexibility index (Phi) is 5.18.